The van der Waals surface area contributed by atoms with Gasteiger partial charge in [-0.15, -0.1) is 6.42 Å². The molecule has 7 rings (SSSR count). The molecule has 1 saturated heterocycles. The Bertz CT molecular complexity index is 2150. The number of hydrogen-bond donors (Lipinski definition) is 1. The van der Waals surface area contributed by atoms with Crippen LogP contribution in [0.4, 0.5) is 5.95 Å². The number of aromatic nitrogens is 4. The molecule has 2 aromatic heterocycles. The summed E-state index contributed by atoms with van der Waals surface area (Å²) in [7, 11) is 1.64. The van der Waals surface area contributed by atoms with Gasteiger partial charge < -0.3 is 19.5 Å². The lowest BCUT2D eigenvalue weighted by Gasteiger charge is -2.37. The Balaban J connectivity index is 1.39. The Labute approximate surface area is 301 Å². The molecule has 0 aliphatic carbocycles. The van der Waals surface area contributed by atoms with Crippen LogP contribution in [-0.4, -0.2) is 44.3 Å². The van der Waals surface area contributed by atoms with E-state index in [1.165, 1.54) is 0 Å². The van der Waals surface area contributed by atoms with Gasteiger partial charge >= 0.3 is 5.97 Å². The molecule has 51 heavy (non-hydrogen) atoms. The van der Waals surface area contributed by atoms with Gasteiger partial charge in [-0.3, -0.25) is 4.57 Å². The largest absolute Gasteiger partial charge is 0.497 e. The van der Waals surface area contributed by atoms with Crippen LogP contribution in [0.1, 0.15) is 53.5 Å². The highest BCUT2D eigenvalue weighted by molar-refractivity contribution is 6.33. The highest BCUT2D eigenvalue weighted by atomic mass is 35.5. The molecule has 0 radical (unpaired) electrons. The normalized spacial score (nSPS) is 20.1. The van der Waals surface area contributed by atoms with Gasteiger partial charge in [-0.05, 0) is 47.4 Å². The first-order valence-corrected chi connectivity index (χ1v) is 17.1. The van der Waals surface area contributed by atoms with E-state index >= 15 is 0 Å². The number of esters is 1. The highest BCUT2D eigenvalue weighted by Crippen LogP contribution is 2.48. The molecular formula is C41H36ClN5O4. The predicted molar refractivity (Wildman–Crippen MR) is 197 cm³/mol. The Hall–Kier alpha value is -5.69. The number of hydrogen-bond acceptors (Lipinski definition) is 8. The fourth-order valence-corrected chi connectivity index (χ4v) is 7.19. The molecule has 4 aromatic carbocycles. The molecule has 1 fully saturated rings. The van der Waals surface area contributed by atoms with E-state index in [1.807, 2.05) is 80.6 Å². The van der Waals surface area contributed by atoms with Gasteiger partial charge in [0.25, 0.3) is 0 Å². The van der Waals surface area contributed by atoms with Gasteiger partial charge in [0.15, 0.2) is 17.0 Å². The first-order valence-electron chi connectivity index (χ1n) is 16.7. The van der Waals surface area contributed by atoms with E-state index in [4.69, 9.17) is 42.2 Å². The summed E-state index contributed by atoms with van der Waals surface area (Å²) in [5, 5.41) is 3.80. The lowest BCUT2D eigenvalue weighted by Crippen LogP contribution is -2.44. The van der Waals surface area contributed by atoms with E-state index in [1.54, 1.807) is 42.3 Å². The van der Waals surface area contributed by atoms with Crippen LogP contribution < -0.4 is 10.1 Å². The second-order valence-corrected chi connectivity index (χ2v) is 12.8. The molecule has 0 amide bonds. The van der Waals surface area contributed by atoms with Crippen LogP contribution in [0.2, 0.25) is 5.15 Å². The number of rotatable bonds is 10. The van der Waals surface area contributed by atoms with Crippen molar-refractivity contribution in [1.29, 1.82) is 0 Å². The van der Waals surface area contributed by atoms with Crippen LogP contribution in [0.5, 0.6) is 5.75 Å². The SMILES string of the molecule is C#C[C@@]1(OC(=O)c2ccccc2)[C@H](C)[C@@H](CC)O[C@H]1n1cnc2c(Cl)nc(NC(c3ccccc3)(c3ccccc3)c3ccc(OC)cc3)nc21. The van der Waals surface area contributed by atoms with Gasteiger partial charge in [0.05, 0.1) is 25.1 Å². The molecule has 1 N–H and O–H groups in total. The average Bonchev–Trinajstić information content (AvgIpc) is 3.73. The average molecular weight is 698 g/mol. The number of carbonyl (C=O) groups is 1. The Morgan fingerprint density at radius 2 is 1.53 bits per heavy atom. The number of terminal acetylenes is 1. The number of imidazole rings is 1. The second kappa shape index (κ2) is 13.9. The van der Waals surface area contributed by atoms with Crippen molar-refractivity contribution in [1.82, 2.24) is 19.5 Å². The quantitative estimate of drug-likeness (QED) is 0.0664. The summed E-state index contributed by atoms with van der Waals surface area (Å²) in [5.74, 6) is 2.84. The Morgan fingerprint density at radius 3 is 2.10 bits per heavy atom. The Morgan fingerprint density at radius 1 is 0.941 bits per heavy atom. The number of fused-ring (bicyclic) bond motifs is 1. The van der Waals surface area contributed by atoms with Crippen LogP contribution in [0.25, 0.3) is 11.2 Å². The van der Waals surface area contributed by atoms with E-state index in [0.29, 0.717) is 23.1 Å². The van der Waals surface area contributed by atoms with Gasteiger partial charge in [0.2, 0.25) is 11.5 Å². The van der Waals surface area contributed by atoms with E-state index in [-0.39, 0.29) is 23.1 Å². The zero-order valence-electron chi connectivity index (χ0n) is 28.4. The number of carbonyl (C=O) groups excluding carboxylic acids is 1. The van der Waals surface area contributed by atoms with Gasteiger partial charge in [-0.2, -0.15) is 9.97 Å². The summed E-state index contributed by atoms with van der Waals surface area (Å²) in [4.78, 5) is 27.8. The number of halogens is 1. The summed E-state index contributed by atoms with van der Waals surface area (Å²) >= 11 is 6.89. The molecule has 0 spiro atoms. The zero-order valence-corrected chi connectivity index (χ0v) is 29.1. The zero-order chi connectivity index (χ0) is 35.6. The van der Waals surface area contributed by atoms with Crippen molar-refractivity contribution in [3.8, 4) is 18.1 Å². The van der Waals surface area contributed by atoms with Crippen molar-refractivity contribution in [2.75, 3.05) is 12.4 Å². The minimum atomic E-state index is -1.49. The van der Waals surface area contributed by atoms with E-state index in [0.717, 1.165) is 22.4 Å². The van der Waals surface area contributed by atoms with Crippen molar-refractivity contribution in [3.63, 3.8) is 0 Å². The van der Waals surface area contributed by atoms with Gasteiger partial charge in [0, 0.05) is 5.92 Å². The molecule has 9 nitrogen and oxygen atoms in total. The van der Waals surface area contributed by atoms with Crippen LogP contribution in [0.15, 0.2) is 122 Å². The number of methoxy groups -OCH3 is 1. The third kappa shape index (κ3) is 5.86. The van der Waals surface area contributed by atoms with Crippen molar-refractivity contribution >= 4 is 34.7 Å². The fourth-order valence-electron chi connectivity index (χ4n) is 6.98. The standard InChI is InChI=1S/C41H36ClN5O4/c1-5-33-27(3)40(6-2,51-37(48)28-16-10-7-11-17-28)38(50-33)47-26-43-34-35(42)44-39(45-36(34)47)46-41(29-18-12-8-13-19-29,30-20-14-9-15-21-30)31-22-24-32(49-4)25-23-31/h2,7-27,33,38H,5H2,1,3-4H3,(H,44,45,46)/t27-,33-,38-,40-/m1/s1. The van der Waals surface area contributed by atoms with Crippen molar-refractivity contribution < 1.29 is 19.0 Å². The summed E-state index contributed by atoms with van der Waals surface area (Å²) in [5.41, 5.74) is 1.39. The lowest BCUT2D eigenvalue weighted by molar-refractivity contribution is -0.0754. The van der Waals surface area contributed by atoms with Crippen molar-refractivity contribution in [3.05, 3.63) is 149 Å². The first-order chi connectivity index (χ1) is 24.8. The van der Waals surface area contributed by atoms with Crippen LogP contribution in [0, 0.1) is 18.3 Å². The van der Waals surface area contributed by atoms with E-state index in [2.05, 4.69) is 40.5 Å². The van der Waals surface area contributed by atoms with Crippen LogP contribution >= 0.6 is 11.6 Å². The minimum absolute atomic E-state index is 0.122. The van der Waals surface area contributed by atoms with Crippen LogP contribution in [0.3, 0.4) is 0 Å². The third-order valence-corrected chi connectivity index (χ3v) is 9.93. The maximum atomic E-state index is 13.5. The first kappa shape index (κ1) is 33.8. The maximum absolute atomic E-state index is 13.5. The smallest absolute Gasteiger partial charge is 0.339 e. The molecule has 10 heteroatoms. The second-order valence-electron chi connectivity index (χ2n) is 12.4. The predicted octanol–water partition coefficient (Wildman–Crippen LogP) is 8.06. The number of anilines is 1. The van der Waals surface area contributed by atoms with Gasteiger partial charge in [-0.1, -0.05) is 122 Å². The lowest BCUT2D eigenvalue weighted by atomic mass is 9.77. The molecule has 0 bridgehead atoms. The van der Waals surface area contributed by atoms with Crippen molar-refractivity contribution in [2.45, 2.75) is 43.7 Å². The molecular weight excluding hydrogens is 662 g/mol. The number of benzene rings is 4. The molecule has 1 aliphatic rings. The van der Waals surface area contributed by atoms with E-state index < -0.39 is 23.3 Å². The molecule has 0 unspecified atom stereocenters. The number of nitrogens with one attached hydrogen (secondary N) is 1. The molecule has 3 heterocycles. The molecule has 6 aromatic rings. The van der Waals surface area contributed by atoms with Gasteiger partial charge in [0.1, 0.15) is 16.8 Å². The molecule has 256 valence electrons. The molecule has 0 saturated carbocycles. The molecule has 4 atom stereocenters. The highest BCUT2D eigenvalue weighted by Gasteiger charge is 2.58. The summed E-state index contributed by atoms with van der Waals surface area (Å²) in [6.45, 7) is 3.94. The topological polar surface area (TPSA) is 100 Å². The maximum Gasteiger partial charge on any atom is 0.339 e. The van der Waals surface area contributed by atoms with Crippen molar-refractivity contribution in [2.24, 2.45) is 5.92 Å². The fraction of sp³-hybridized carbons (Fsp3) is 0.220. The minimum Gasteiger partial charge on any atom is -0.497 e. The number of ether oxygens (including phenoxy) is 3. The van der Waals surface area contributed by atoms with Gasteiger partial charge in [-0.25, -0.2) is 9.78 Å². The third-order valence-electron chi connectivity index (χ3n) is 9.67. The summed E-state index contributed by atoms with van der Waals surface area (Å²) in [6.07, 6.45) is 7.19. The number of nitrogens with zero attached hydrogens (tertiary/aromatic N) is 4. The summed E-state index contributed by atoms with van der Waals surface area (Å²) < 4.78 is 20.0. The van der Waals surface area contributed by atoms with E-state index in [9.17, 15) is 4.79 Å². The summed E-state index contributed by atoms with van der Waals surface area (Å²) in [6, 6.07) is 36.7. The monoisotopic (exact) mass is 697 g/mol. The molecule has 1 aliphatic heterocycles. The Kier molecular flexibility index (Phi) is 9.21. The van der Waals surface area contributed by atoms with Crippen LogP contribution in [-0.2, 0) is 15.0 Å².